The number of carboxylic acids is 1. The smallest absolute Gasteiger partial charge is 0.309 e. The van der Waals surface area contributed by atoms with Gasteiger partial charge in [-0.25, -0.2) is 0 Å². The number of carbonyl (C=O) groups is 1. The molecule has 0 aromatic carbocycles. The molecule has 6 aliphatic rings. The zero-order chi connectivity index (χ0) is 30.7. The Hall–Kier alpha value is -0.990. The fraction of sp³-hybridized carbons (Fsp3) is 0.914. The molecule has 13 atom stereocenters. The molecule has 7 heteroatoms. The van der Waals surface area contributed by atoms with Crippen LogP contribution in [0.2, 0.25) is 0 Å². The minimum atomic E-state index is -1.17. The van der Waals surface area contributed by atoms with E-state index in [1.807, 2.05) is 0 Å². The standard InChI is InChI=1S/C35H56O7/c1-30(2)14-16-35(29(39)40)17-15-33(6)20(21(35)18-30)8-9-24-32(5)12-11-25(31(3,4)23(32)10-13-34(24,33)7)42-28-27(38)26(37)22(19-36)41-28/h8-9,20-28,36-38H,10-19H2,1-7H3,(H,39,40)/t20-,21+,22-,23-,24-,25+,26-,27+,28-,32+,33-,34-,35+/m1/s1. The summed E-state index contributed by atoms with van der Waals surface area (Å²) in [5.74, 6) is 0.680. The summed E-state index contributed by atoms with van der Waals surface area (Å²) in [5.41, 5.74) is -0.409. The van der Waals surface area contributed by atoms with Gasteiger partial charge in [0.1, 0.15) is 18.3 Å². The molecule has 1 heterocycles. The molecule has 0 aromatic heterocycles. The first-order chi connectivity index (χ1) is 19.5. The van der Waals surface area contributed by atoms with Crippen LogP contribution >= 0.6 is 0 Å². The van der Waals surface area contributed by atoms with Gasteiger partial charge in [0.15, 0.2) is 6.29 Å². The third-order valence-electron chi connectivity index (χ3n) is 14.8. The summed E-state index contributed by atoms with van der Waals surface area (Å²) in [6, 6.07) is 0. The van der Waals surface area contributed by atoms with E-state index in [4.69, 9.17) is 9.47 Å². The van der Waals surface area contributed by atoms with Crippen molar-refractivity contribution in [1.82, 2.24) is 0 Å². The fourth-order valence-corrected chi connectivity index (χ4v) is 12.1. The summed E-state index contributed by atoms with van der Waals surface area (Å²) in [6.07, 6.45) is 9.35. The van der Waals surface area contributed by atoms with E-state index in [1.165, 1.54) is 0 Å². The van der Waals surface area contributed by atoms with Gasteiger partial charge >= 0.3 is 5.97 Å². The molecular formula is C35H56O7. The number of hydrogen-bond donors (Lipinski definition) is 4. The Morgan fingerprint density at radius 1 is 0.881 bits per heavy atom. The molecule has 1 saturated heterocycles. The molecule has 0 spiro atoms. The molecule has 0 unspecified atom stereocenters. The van der Waals surface area contributed by atoms with Gasteiger partial charge < -0.3 is 29.9 Å². The maximum atomic E-state index is 12.9. The van der Waals surface area contributed by atoms with E-state index < -0.39 is 36.0 Å². The van der Waals surface area contributed by atoms with Gasteiger partial charge in [-0.1, -0.05) is 60.6 Å². The van der Waals surface area contributed by atoms with Gasteiger partial charge in [0.2, 0.25) is 0 Å². The molecule has 0 aromatic rings. The molecule has 0 bridgehead atoms. The molecule has 0 radical (unpaired) electrons. The van der Waals surface area contributed by atoms with Crippen molar-refractivity contribution in [2.75, 3.05) is 6.61 Å². The Bertz CT molecular complexity index is 1120. The summed E-state index contributed by atoms with van der Waals surface area (Å²) < 4.78 is 12.2. The van der Waals surface area contributed by atoms with Crippen molar-refractivity contribution in [3.63, 3.8) is 0 Å². The van der Waals surface area contributed by atoms with Crippen LogP contribution in [0, 0.1) is 56.2 Å². The molecule has 42 heavy (non-hydrogen) atoms. The van der Waals surface area contributed by atoms with E-state index in [0.717, 1.165) is 57.8 Å². The van der Waals surface area contributed by atoms with Gasteiger partial charge in [-0.2, -0.15) is 0 Å². The van der Waals surface area contributed by atoms with Gasteiger partial charge in [0.05, 0.1) is 18.1 Å². The number of rotatable bonds is 4. The summed E-state index contributed by atoms with van der Waals surface area (Å²) in [7, 11) is 0. The summed E-state index contributed by atoms with van der Waals surface area (Å²) in [6.45, 7) is 16.4. The molecule has 238 valence electrons. The maximum Gasteiger partial charge on any atom is 0.309 e. The zero-order valence-corrected chi connectivity index (χ0v) is 26.9. The maximum absolute atomic E-state index is 12.9. The van der Waals surface area contributed by atoms with Crippen molar-refractivity contribution in [1.29, 1.82) is 0 Å². The number of hydrogen-bond acceptors (Lipinski definition) is 6. The molecule has 7 nitrogen and oxygen atoms in total. The average molecular weight is 589 g/mol. The predicted molar refractivity (Wildman–Crippen MR) is 159 cm³/mol. The van der Waals surface area contributed by atoms with Crippen LogP contribution in [0.25, 0.3) is 0 Å². The van der Waals surface area contributed by atoms with Crippen molar-refractivity contribution in [2.24, 2.45) is 56.2 Å². The van der Waals surface area contributed by atoms with Gasteiger partial charge in [0, 0.05) is 0 Å². The highest BCUT2D eigenvalue weighted by Gasteiger charge is 2.70. The number of aliphatic hydroxyl groups is 3. The summed E-state index contributed by atoms with van der Waals surface area (Å²) in [4.78, 5) is 12.9. The second-order valence-electron chi connectivity index (χ2n) is 17.4. The van der Waals surface area contributed by atoms with E-state index in [1.54, 1.807) is 0 Å². The van der Waals surface area contributed by atoms with Crippen LogP contribution in [0.3, 0.4) is 0 Å². The SMILES string of the molecule is CC1(C)CC[C@]2(C(=O)O)CC[C@]3(C)[C@H](C=C[C@@H]4[C@@]5(C)CC[C@H](O[C@H]6O[C@H](CO)[C@@H](O)[C@@H]6O)C(C)(C)[C@H]5CC[C@]43C)[C@@H]2C1. The van der Waals surface area contributed by atoms with Gasteiger partial charge in [0.25, 0.3) is 0 Å². The van der Waals surface area contributed by atoms with Crippen LogP contribution in [0.4, 0.5) is 0 Å². The lowest BCUT2D eigenvalue weighted by Crippen LogP contribution is -2.66. The third-order valence-corrected chi connectivity index (χ3v) is 14.8. The van der Waals surface area contributed by atoms with Gasteiger partial charge in [-0.15, -0.1) is 0 Å². The van der Waals surface area contributed by atoms with Crippen molar-refractivity contribution in [2.45, 2.75) is 137 Å². The molecule has 1 aliphatic heterocycles. The van der Waals surface area contributed by atoms with E-state index in [2.05, 4.69) is 60.6 Å². The molecule has 4 saturated carbocycles. The average Bonchev–Trinajstić information content (AvgIpc) is 3.18. The van der Waals surface area contributed by atoms with Crippen LogP contribution in [-0.2, 0) is 14.3 Å². The van der Waals surface area contributed by atoms with Gasteiger partial charge in [-0.3, -0.25) is 4.79 Å². The second kappa shape index (κ2) is 9.75. The van der Waals surface area contributed by atoms with Crippen LogP contribution in [-0.4, -0.2) is 63.7 Å². The Morgan fingerprint density at radius 2 is 1.57 bits per heavy atom. The Balaban J connectivity index is 1.30. The first-order valence-corrected chi connectivity index (χ1v) is 16.7. The molecule has 5 aliphatic carbocycles. The number of allylic oxidation sites excluding steroid dienone is 2. The van der Waals surface area contributed by atoms with E-state index in [0.29, 0.717) is 11.8 Å². The lowest BCUT2D eigenvalue weighted by atomic mass is 9.33. The van der Waals surface area contributed by atoms with Crippen molar-refractivity contribution < 1.29 is 34.7 Å². The monoisotopic (exact) mass is 588 g/mol. The van der Waals surface area contributed by atoms with Crippen LogP contribution < -0.4 is 0 Å². The van der Waals surface area contributed by atoms with Crippen molar-refractivity contribution >= 4 is 5.97 Å². The van der Waals surface area contributed by atoms with Crippen LogP contribution in [0.1, 0.15) is 106 Å². The predicted octanol–water partition coefficient (Wildman–Crippen LogP) is 5.55. The third kappa shape index (κ3) is 4.05. The Labute approximate surface area is 252 Å². The minimum Gasteiger partial charge on any atom is -0.481 e. The molecular weight excluding hydrogens is 532 g/mol. The number of aliphatic carboxylic acids is 1. The van der Waals surface area contributed by atoms with E-state index >= 15 is 0 Å². The molecule has 4 N–H and O–H groups in total. The normalized spacial score (nSPS) is 54.3. The van der Waals surface area contributed by atoms with Crippen LogP contribution in [0.5, 0.6) is 0 Å². The second-order valence-corrected chi connectivity index (χ2v) is 17.4. The fourth-order valence-electron chi connectivity index (χ4n) is 12.1. The van der Waals surface area contributed by atoms with Gasteiger partial charge in [-0.05, 0) is 109 Å². The quantitative estimate of drug-likeness (QED) is 0.318. The lowest BCUT2D eigenvalue weighted by Gasteiger charge is -2.71. The number of carboxylic acid groups (broad SMARTS) is 1. The highest BCUT2D eigenvalue weighted by atomic mass is 16.7. The topological polar surface area (TPSA) is 116 Å². The highest BCUT2D eigenvalue weighted by molar-refractivity contribution is 5.75. The van der Waals surface area contributed by atoms with Crippen molar-refractivity contribution in [3.8, 4) is 0 Å². The van der Waals surface area contributed by atoms with E-state index in [-0.39, 0.29) is 51.6 Å². The van der Waals surface area contributed by atoms with E-state index in [9.17, 15) is 25.2 Å². The molecule has 6 rings (SSSR count). The highest BCUT2D eigenvalue weighted by Crippen LogP contribution is 2.75. The summed E-state index contributed by atoms with van der Waals surface area (Å²) in [5, 5.41) is 41.0. The Kier molecular flexibility index (Phi) is 7.20. The first kappa shape index (κ1) is 31.0. The summed E-state index contributed by atoms with van der Waals surface area (Å²) >= 11 is 0. The molecule has 5 fully saturated rings. The number of aliphatic hydroxyl groups excluding tert-OH is 3. The number of ether oxygens (including phenoxy) is 2. The lowest BCUT2D eigenvalue weighted by molar-refractivity contribution is -0.261. The first-order valence-electron chi connectivity index (χ1n) is 16.7. The van der Waals surface area contributed by atoms with Crippen molar-refractivity contribution in [3.05, 3.63) is 12.2 Å². The molecule has 0 amide bonds. The zero-order valence-electron chi connectivity index (χ0n) is 26.9. The largest absolute Gasteiger partial charge is 0.481 e. The van der Waals surface area contributed by atoms with Crippen LogP contribution in [0.15, 0.2) is 12.2 Å². The Morgan fingerprint density at radius 3 is 2.21 bits per heavy atom. The number of fused-ring (bicyclic) bond motifs is 7. The minimum absolute atomic E-state index is 0.0478.